The van der Waals surface area contributed by atoms with Gasteiger partial charge >= 0.3 is 0 Å². The Morgan fingerprint density at radius 1 is 0.944 bits per heavy atom. The summed E-state index contributed by atoms with van der Waals surface area (Å²) in [6.07, 6.45) is -0.906. The monoisotopic (exact) mass is 244 g/mol. The maximum absolute atomic E-state index is 9.68. The first kappa shape index (κ1) is 12.6. The molecule has 1 atom stereocenters. The Kier molecular flexibility index (Phi) is 4.34. The number of rotatable bonds is 5. The molecule has 0 unspecified atom stereocenters. The summed E-state index contributed by atoms with van der Waals surface area (Å²) in [4.78, 5) is 0. The normalized spacial score (nSPS) is 12.1. The number of para-hydroxylation sites is 1. The van der Waals surface area contributed by atoms with Crippen molar-refractivity contribution in [3.8, 4) is 5.75 Å². The molecule has 94 valence electrons. The van der Waals surface area contributed by atoms with Crippen LogP contribution in [0.3, 0.4) is 0 Å². The van der Waals surface area contributed by atoms with Crippen LogP contribution in [0.2, 0.25) is 0 Å². The maximum atomic E-state index is 9.68. The Labute approximate surface area is 106 Å². The predicted octanol–water partition coefficient (Wildman–Crippen LogP) is 2.29. The summed E-state index contributed by atoms with van der Waals surface area (Å²) in [7, 11) is 0. The smallest absolute Gasteiger partial charge is 0.125 e. The first-order chi connectivity index (χ1) is 8.81. The van der Waals surface area contributed by atoms with Gasteiger partial charge in [0.15, 0.2) is 0 Å². The molecule has 0 bridgehead atoms. The van der Waals surface area contributed by atoms with Crippen LogP contribution in [0, 0.1) is 0 Å². The molecule has 3 nitrogen and oxygen atoms in total. The fourth-order valence-electron chi connectivity index (χ4n) is 1.72. The molecular weight excluding hydrogens is 228 g/mol. The Balaban J connectivity index is 2.10. The molecule has 0 saturated carbocycles. The molecule has 0 spiro atoms. The molecule has 0 heterocycles. The van der Waals surface area contributed by atoms with Gasteiger partial charge in [0.1, 0.15) is 18.5 Å². The zero-order chi connectivity index (χ0) is 12.8. The number of hydrogen-bond acceptors (Lipinski definition) is 3. The van der Waals surface area contributed by atoms with Crippen molar-refractivity contribution in [1.82, 2.24) is 0 Å². The quantitative estimate of drug-likeness (QED) is 0.848. The van der Waals surface area contributed by atoms with Crippen molar-refractivity contribution in [2.75, 3.05) is 6.61 Å². The zero-order valence-electron chi connectivity index (χ0n) is 9.99. The minimum atomic E-state index is -0.906. The van der Waals surface area contributed by atoms with Gasteiger partial charge in [-0.25, -0.2) is 0 Å². The summed E-state index contributed by atoms with van der Waals surface area (Å²) in [5, 5.41) is 18.7. The lowest BCUT2D eigenvalue weighted by molar-refractivity contribution is 0.0923. The van der Waals surface area contributed by atoms with Crippen molar-refractivity contribution < 1.29 is 14.9 Å². The van der Waals surface area contributed by atoms with Crippen molar-refractivity contribution in [3.05, 3.63) is 65.7 Å². The molecule has 2 aromatic rings. The third kappa shape index (κ3) is 3.09. The minimum absolute atomic E-state index is 0.314. The third-order valence-corrected chi connectivity index (χ3v) is 2.69. The van der Waals surface area contributed by atoms with E-state index in [0.717, 1.165) is 5.56 Å². The Morgan fingerprint density at radius 3 is 2.33 bits per heavy atom. The second-order valence-corrected chi connectivity index (χ2v) is 4.01. The molecule has 0 aliphatic rings. The fraction of sp³-hybridized carbons (Fsp3) is 0.200. The number of benzene rings is 2. The Morgan fingerprint density at radius 2 is 1.61 bits per heavy atom. The van der Waals surface area contributed by atoms with Crippen LogP contribution >= 0.6 is 0 Å². The maximum Gasteiger partial charge on any atom is 0.125 e. The first-order valence-corrected chi connectivity index (χ1v) is 5.86. The highest BCUT2D eigenvalue weighted by Gasteiger charge is 2.11. The summed E-state index contributed by atoms with van der Waals surface area (Å²) < 4.78 is 5.68. The summed E-state index contributed by atoms with van der Waals surface area (Å²) in [6.45, 7) is 0.127. The highest BCUT2D eigenvalue weighted by Crippen LogP contribution is 2.25. The van der Waals surface area contributed by atoms with Gasteiger partial charge in [-0.3, -0.25) is 0 Å². The SMILES string of the molecule is OC[C@@H](O)c1ccccc1OCc1ccccc1. The van der Waals surface area contributed by atoms with Gasteiger partial charge in [-0.05, 0) is 11.6 Å². The van der Waals surface area contributed by atoms with Crippen molar-refractivity contribution in [2.45, 2.75) is 12.7 Å². The number of ether oxygens (including phenoxy) is 1. The highest BCUT2D eigenvalue weighted by atomic mass is 16.5. The minimum Gasteiger partial charge on any atom is -0.489 e. The lowest BCUT2D eigenvalue weighted by Crippen LogP contribution is -2.06. The van der Waals surface area contributed by atoms with Crippen LogP contribution in [-0.2, 0) is 6.61 Å². The molecule has 3 heteroatoms. The third-order valence-electron chi connectivity index (χ3n) is 2.69. The lowest BCUT2D eigenvalue weighted by atomic mass is 10.1. The second kappa shape index (κ2) is 6.19. The number of aliphatic hydroxyl groups excluding tert-OH is 2. The van der Waals surface area contributed by atoms with E-state index in [2.05, 4.69) is 0 Å². The molecule has 0 amide bonds. The summed E-state index contributed by atoms with van der Waals surface area (Å²) in [6, 6.07) is 17.0. The molecule has 2 aromatic carbocycles. The van der Waals surface area contributed by atoms with E-state index < -0.39 is 6.10 Å². The standard InChI is InChI=1S/C15H16O3/c16-10-14(17)13-8-4-5-9-15(13)18-11-12-6-2-1-3-7-12/h1-9,14,16-17H,10-11H2/t14-/m1/s1. The molecule has 0 saturated heterocycles. The molecule has 2 N–H and O–H groups in total. The van der Waals surface area contributed by atoms with Gasteiger partial charge in [-0.2, -0.15) is 0 Å². The van der Waals surface area contributed by atoms with Gasteiger partial charge < -0.3 is 14.9 Å². The first-order valence-electron chi connectivity index (χ1n) is 5.86. The Hall–Kier alpha value is -1.84. The van der Waals surface area contributed by atoms with Gasteiger partial charge in [0, 0.05) is 5.56 Å². The van der Waals surface area contributed by atoms with Crippen molar-refractivity contribution >= 4 is 0 Å². The molecule has 0 fully saturated rings. The molecule has 0 aliphatic heterocycles. The molecule has 0 aliphatic carbocycles. The van der Waals surface area contributed by atoms with Gasteiger partial charge in [0.2, 0.25) is 0 Å². The van der Waals surface area contributed by atoms with Crippen LogP contribution < -0.4 is 4.74 Å². The van der Waals surface area contributed by atoms with Crippen LogP contribution in [-0.4, -0.2) is 16.8 Å². The average molecular weight is 244 g/mol. The van der Waals surface area contributed by atoms with Crippen molar-refractivity contribution in [2.24, 2.45) is 0 Å². The average Bonchev–Trinajstić information content (AvgIpc) is 2.45. The summed E-state index contributed by atoms with van der Waals surface area (Å²) >= 11 is 0. The fourth-order valence-corrected chi connectivity index (χ4v) is 1.72. The van der Waals surface area contributed by atoms with Gasteiger partial charge in [0.05, 0.1) is 6.61 Å². The lowest BCUT2D eigenvalue weighted by Gasteiger charge is -2.14. The van der Waals surface area contributed by atoms with Crippen LogP contribution in [0.1, 0.15) is 17.2 Å². The van der Waals surface area contributed by atoms with Crippen LogP contribution in [0.15, 0.2) is 54.6 Å². The highest BCUT2D eigenvalue weighted by molar-refractivity contribution is 5.35. The van der Waals surface area contributed by atoms with E-state index in [9.17, 15) is 5.11 Å². The predicted molar refractivity (Wildman–Crippen MR) is 69.3 cm³/mol. The van der Waals surface area contributed by atoms with Gasteiger partial charge in [0.25, 0.3) is 0 Å². The van der Waals surface area contributed by atoms with Crippen LogP contribution in [0.4, 0.5) is 0 Å². The Bertz CT molecular complexity index is 482. The van der Waals surface area contributed by atoms with E-state index in [-0.39, 0.29) is 6.61 Å². The van der Waals surface area contributed by atoms with Crippen molar-refractivity contribution in [1.29, 1.82) is 0 Å². The van der Waals surface area contributed by atoms with Gasteiger partial charge in [-0.1, -0.05) is 48.5 Å². The van der Waals surface area contributed by atoms with E-state index in [1.807, 2.05) is 42.5 Å². The second-order valence-electron chi connectivity index (χ2n) is 4.01. The van der Waals surface area contributed by atoms with Gasteiger partial charge in [-0.15, -0.1) is 0 Å². The molecule has 0 aromatic heterocycles. The molecular formula is C15H16O3. The van der Waals surface area contributed by atoms with E-state index in [1.54, 1.807) is 12.1 Å². The molecule has 2 rings (SSSR count). The van der Waals surface area contributed by atoms with Crippen LogP contribution in [0.25, 0.3) is 0 Å². The summed E-state index contributed by atoms with van der Waals surface area (Å²) in [5.41, 5.74) is 1.67. The summed E-state index contributed by atoms with van der Waals surface area (Å²) in [5.74, 6) is 0.600. The van der Waals surface area contributed by atoms with E-state index in [1.165, 1.54) is 0 Å². The van der Waals surface area contributed by atoms with Crippen molar-refractivity contribution in [3.63, 3.8) is 0 Å². The number of aliphatic hydroxyl groups is 2. The molecule has 18 heavy (non-hydrogen) atoms. The zero-order valence-corrected chi connectivity index (χ0v) is 9.99. The molecule has 0 radical (unpaired) electrons. The van der Waals surface area contributed by atoms with E-state index >= 15 is 0 Å². The largest absolute Gasteiger partial charge is 0.489 e. The van der Waals surface area contributed by atoms with E-state index in [4.69, 9.17) is 9.84 Å². The van der Waals surface area contributed by atoms with Crippen LogP contribution in [0.5, 0.6) is 5.75 Å². The topological polar surface area (TPSA) is 49.7 Å². The number of hydrogen-bond donors (Lipinski definition) is 2. The van der Waals surface area contributed by atoms with E-state index in [0.29, 0.717) is 17.9 Å².